The molecule has 1 heterocycles. The van der Waals surface area contributed by atoms with Gasteiger partial charge in [0, 0.05) is 32.9 Å². The standard InChI is InChI=1S/C42H34ClN3O5S/c1-27-17-18-31(25-35(27)43)45-42(49)39(28-11-5-3-6-12-28)52-33-22-19-30(20-23-33)44-41(48)36(46-40(47)29-13-7-4-8-14-29)26-32-21-24-38(51-32)34-15-9-10-16-37(34)50-2/h3-26,39H,1-2H3,(H,44,48)(H,45,49)(H,46,47)/b36-26+/t39-/m0/s1. The van der Waals surface area contributed by atoms with Crippen molar-refractivity contribution in [3.63, 3.8) is 0 Å². The van der Waals surface area contributed by atoms with E-state index in [-0.39, 0.29) is 11.6 Å². The van der Waals surface area contributed by atoms with Crippen molar-refractivity contribution in [2.24, 2.45) is 0 Å². The molecule has 1 aromatic heterocycles. The molecule has 8 nitrogen and oxygen atoms in total. The third-order valence-corrected chi connectivity index (χ3v) is 9.63. The van der Waals surface area contributed by atoms with E-state index >= 15 is 0 Å². The molecule has 0 radical (unpaired) electrons. The summed E-state index contributed by atoms with van der Waals surface area (Å²) in [4.78, 5) is 41.2. The number of carbonyl (C=O) groups excluding carboxylic acids is 3. The van der Waals surface area contributed by atoms with Gasteiger partial charge in [-0.2, -0.15) is 0 Å². The lowest BCUT2D eigenvalue weighted by molar-refractivity contribution is -0.116. The van der Waals surface area contributed by atoms with Crippen LogP contribution in [0.5, 0.6) is 5.75 Å². The van der Waals surface area contributed by atoms with Gasteiger partial charge in [-0.15, -0.1) is 11.8 Å². The molecule has 0 aliphatic rings. The van der Waals surface area contributed by atoms with Crippen molar-refractivity contribution in [2.75, 3.05) is 17.7 Å². The smallest absolute Gasteiger partial charge is 0.272 e. The average molecular weight is 728 g/mol. The Bertz CT molecular complexity index is 2220. The lowest BCUT2D eigenvalue weighted by atomic mass is 10.1. The number of anilines is 2. The van der Waals surface area contributed by atoms with Crippen LogP contribution in [-0.2, 0) is 9.59 Å². The zero-order chi connectivity index (χ0) is 36.5. The van der Waals surface area contributed by atoms with E-state index in [0.29, 0.717) is 39.2 Å². The van der Waals surface area contributed by atoms with Gasteiger partial charge >= 0.3 is 0 Å². The number of aryl methyl sites for hydroxylation is 1. The second-order valence-electron chi connectivity index (χ2n) is 11.6. The molecule has 0 bridgehead atoms. The van der Waals surface area contributed by atoms with Crippen molar-refractivity contribution >= 4 is 58.5 Å². The Balaban J connectivity index is 1.21. The Labute approximate surface area is 310 Å². The Morgan fingerprint density at radius 1 is 0.769 bits per heavy atom. The highest BCUT2D eigenvalue weighted by Gasteiger charge is 2.23. The molecular formula is C42H34ClN3O5S. The highest BCUT2D eigenvalue weighted by Crippen LogP contribution is 2.37. The second kappa shape index (κ2) is 16.8. The molecule has 3 amide bonds. The Morgan fingerprint density at radius 3 is 2.15 bits per heavy atom. The van der Waals surface area contributed by atoms with Crippen molar-refractivity contribution < 1.29 is 23.5 Å². The lowest BCUT2D eigenvalue weighted by Gasteiger charge is -2.18. The fourth-order valence-electron chi connectivity index (χ4n) is 5.24. The average Bonchev–Trinajstić information content (AvgIpc) is 3.64. The minimum absolute atomic E-state index is 0.0229. The van der Waals surface area contributed by atoms with Gasteiger partial charge in [-0.25, -0.2) is 0 Å². The summed E-state index contributed by atoms with van der Waals surface area (Å²) in [6, 6.07) is 41.6. The largest absolute Gasteiger partial charge is 0.496 e. The topological polar surface area (TPSA) is 110 Å². The van der Waals surface area contributed by atoms with Gasteiger partial charge in [0.25, 0.3) is 11.8 Å². The number of hydrogen-bond acceptors (Lipinski definition) is 6. The van der Waals surface area contributed by atoms with E-state index in [1.165, 1.54) is 17.8 Å². The van der Waals surface area contributed by atoms with Crippen LogP contribution in [0.3, 0.4) is 0 Å². The van der Waals surface area contributed by atoms with Gasteiger partial charge in [0.15, 0.2) is 0 Å². The molecule has 0 saturated carbocycles. The molecule has 5 aromatic carbocycles. The maximum Gasteiger partial charge on any atom is 0.272 e. The van der Waals surface area contributed by atoms with Gasteiger partial charge in [-0.1, -0.05) is 78.3 Å². The number of thioether (sulfide) groups is 1. The molecule has 0 unspecified atom stereocenters. The van der Waals surface area contributed by atoms with Crippen LogP contribution in [-0.4, -0.2) is 24.8 Å². The summed E-state index contributed by atoms with van der Waals surface area (Å²) in [5, 5.41) is 8.59. The van der Waals surface area contributed by atoms with Crippen LogP contribution < -0.4 is 20.7 Å². The first-order chi connectivity index (χ1) is 25.3. The number of hydrogen-bond donors (Lipinski definition) is 3. The number of para-hydroxylation sites is 1. The highest BCUT2D eigenvalue weighted by molar-refractivity contribution is 8.00. The van der Waals surface area contributed by atoms with Gasteiger partial charge in [-0.05, 0) is 90.8 Å². The first-order valence-corrected chi connectivity index (χ1v) is 17.5. The maximum absolute atomic E-state index is 13.7. The second-order valence-corrected chi connectivity index (χ2v) is 13.2. The van der Waals surface area contributed by atoms with E-state index in [9.17, 15) is 14.4 Å². The molecule has 0 fully saturated rings. The van der Waals surface area contributed by atoms with E-state index in [0.717, 1.165) is 21.6 Å². The lowest BCUT2D eigenvalue weighted by Crippen LogP contribution is -2.30. The minimum Gasteiger partial charge on any atom is -0.496 e. The molecule has 0 aliphatic heterocycles. The summed E-state index contributed by atoms with van der Waals surface area (Å²) < 4.78 is 11.5. The van der Waals surface area contributed by atoms with Crippen molar-refractivity contribution in [1.29, 1.82) is 0 Å². The molecule has 6 rings (SSSR count). The third kappa shape index (κ3) is 9.00. The van der Waals surface area contributed by atoms with E-state index in [4.69, 9.17) is 20.8 Å². The predicted octanol–water partition coefficient (Wildman–Crippen LogP) is 9.80. The van der Waals surface area contributed by atoms with Crippen molar-refractivity contribution in [2.45, 2.75) is 17.1 Å². The summed E-state index contributed by atoms with van der Waals surface area (Å²) in [5.41, 5.74) is 3.95. The number of halogens is 1. The normalized spacial score (nSPS) is 11.7. The van der Waals surface area contributed by atoms with Crippen LogP contribution in [0.15, 0.2) is 155 Å². The van der Waals surface area contributed by atoms with Gasteiger partial charge in [0.2, 0.25) is 5.91 Å². The first-order valence-electron chi connectivity index (χ1n) is 16.3. The summed E-state index contributed by atoms with van der Waals surface area (Å²) in [6.07, 6.45) is 1.48. The molecule has 260 valence electrons. The molecule has 3 N–H and O–H groups in total. The number of carbonyl (C=O) groups is 3. The van der Waals surface area contributed by atoms with Gasteiger partial charge < -0.3 is 25.1 Å². The van der Waals surface area contributed by atoms with Crippen LogP contribution in [0.4, 0.5) is 11.4 Å². The molecular weight excluding hydrogens is 694 g/mol. The molecule has 0 saturated heterocycles. The molecule has 0 spiro atoms. The van der Waals surface area contributed by atoms with Gasteiger partial charge in [0.1, 0.15) is 28.2 Å². The zero-order valence-electron chi connectivity index (χ0n) is 28.3. The maximum atomic E-state index is 13.7. The predicted molar refractivity (Wildman–Crippen MR) is 208 cm³/mol. The van der Waals surface area contributed by atoms with Crippen LogP contribution in [0, 0.1) is 6.92 Å². The molecule has 0 aliphatic carbocycles. The van der Waals surface area contributed by atoms with Crippen molar-refractivity contribution in [3.8, 4) is 17.1 Å². The molecule has 52 heavy (non-hydrogen) atoms. The van der Waals surface area contributed by atoms with Crippen LogP contribution in [0.2, 0.25) is 5.02 Å². The van der Waals surface area contributed by atoms with E-state index in [1.807, 2.05) is 85.8 Å². The first kappa shape index (κ1) is 35.8. The number of rotatable bonds is 12. The van der Waals surface area contributed by atoms with Crippen LogP contribution >= 0.6 is 23.4 Å². The van der Waals surface area contributed by atoms with Crippen LogP contribution in [0.1, 0.15) is 32.5 Å². The molecule has 10 heteroatoms. The number of furan rings is 1. The fourth-order valence-corrected chi connectivity index (χ4v) is 6.44. The number of benzene rings is 5. The molecule has 6 aromatic rings. The van der Waals surface area contributed by atoms with Gasteiger partial charge in [0.05, 0.1) is 12.7 Å². The number of nitrogens with one attached hydrogen (secondary N) is 3. The third-order valence-electron chi connectivity index (χ3n) is 7.96. The summed E-state index contributed by atoms with van der Waals surface area (Å²) >= 11 is 7.68. The van der Waals surface area contributed by atoms with E-state index < -0.39 is 17.1 Å². The summed E-state index contributed by atoms with van der Waals surface area (Å²) in [6.45, 7) is 1.90. The number of methoxy groups -OCH3 is 1. The monoisotopic (exact) mass is 727 g/mol. The van der Waals surface area contributed by atoms with Gasteiger partial charge in [-0.3, -0.25) is 14.4 Å². The number of ether oxygens (including phenoxy) is 1. The summed E-state index contributed by atoms with van der Waals surface area (Å²) in [5.74, 6) is 0.308. The van der Waals surface area contributed by atoms with Crippen molar-refractivity contribution in [1.82, 2.24) is 5.32 Å². The van der Waals surface area contributed by atoms with E-state index in [2.05, 4.69) is 16.0 Å². The highest BCUT2D eigenvalue weighted by atomic mass is 35.5. The summed E-state index contributed by atoms with van der Waals surface area (Å²) in [7, 11) is 1.58. The molecule has 1 atom stereocenters. The van der Waals surface area contributed by atoms with E-state index in [1.54, 1.807) is 67.8 Å². The number of amides is 3. The fraction of sp³-hybridized carbons (Fsp3) is 0.0714. The Kier molecular flexibility index (Phi) is 11.6. The Hall–Kier alpha value is -6.03. The quantitative estimate of drug-likeness (QED) is 0.0856. The minimum atomic E-state index is -0.571. The zero-order valence-corrected chi connectivity index (χ0v) is 29.8. The SMILES string of the molecule is COc1ccccc1-c1ccc(/C=C(/NC(=O)c2ccccc2)C(=O)Nc2ccc(S[C@H](C(=O)Nc3ccc(C)c(Cl)c3)c3ccccc3)cc2)o1. The Morgan fingerprint density at radius 2 is 1.44 bits per heavy atom. The van der Waals surface area contributed by atoms with Crippen molar-refractivity contribution in [3.05, 3.63) is 173 Å². The van der Waals surface area contributed by atoms with Crippen LogP contribution in [0.25, 0.3) is 17.4 Å².